The molecule has 3 aromatic rings. The second kappa shape index (κ2) is 9.76. The number of hydrogen-bond donors (Lipinski definition) is 3. The summed E-state index contributed by atoms with van der Waals surface area (Å²) in [6, 6.07) is 6.19. The summed E-state index contributed by atoms with van der Waals surface area (Å²) in [5, 5.41) is 18.6. The van der Waals surface area contributed by atoms with Crippen molar-refractivity contribution in [3.63, 3.8) is 0 Å². The van der Waals surface area contributed by atoms with E-state index in [-0.39, 0.29) is 19.8 Å². The van der Waals surface area contributed by atoms with Crippen molar-refractivity contribution in [3.8, 4) is 17.2 Å². The van der Waals surface area contributed by atoms with E-state index < -0.39 is 6.03 Å². The molecule has 0 aliphatic carbocycles. The van der Waals surface area contributed by atoms with Gasteiger partial charge in [0.25, 0.3) is 0 Å². The van der Waals surface area contributed by atoms with Gasteiger partial charge >= 0.3 is 6.03 Å². The van der Waals surface area contributed by atoms with Crippen molar-refractivity contribution < 1.29 is 28.8 Å². The summed E-state index contributed by atoms with van der Waals surface area (Å²) in [4.78, 5) is 16.9. The molecule has 0 radical (unpaired) electrons. The lowest BCUT2D eigenvalue weighted by molar-refractivity contribution is 0.0778. The van der Waals surface area contributed by atoms with Crippen LogP contribution in [-0.2, 0) is 11.3 Å². The van der Waals surface area contributed by atoms with Gasteiger partial charge in [0.05, 0.1) is 45.9 Å². The fraction of sp³-hybridized carbons (Fsp3) is 0.316. The molecule has 11 nitrogen and oxygen atoms in total. The second-order valence-electron chi connectivity index (χ2n) is 5.99. The van der Waals surface area contributed by atoms with E-state index in [1.165, 1.54) is 25.8 Å². The molecule has 3 N–H and O–H groups in total. The highest BCUT2D eigenvalue weighted by Gasteiger charge is 2.15. The number of hydrogen-bond acceptors (Lipinski definition) is 8. The zero-order chi connectivity index (χ0) is 21.5. The molecule has 0 saturated carbocycles. The normalized spacial score (nSPS) is 10.7. The van der Waals surface area contributed by atoms with Crippen molar-refractivity contribution in [1.82, 2.24) is 14.6 Å². The molecule has 0 unspecified atom stereocenters. The number of ether oxygens (including phenoxy) is 4. The summed E-state index contributed by atoms with van der Waals surface area (Å²) < 4.78 is 22.6. The van der Waals surface area contributed by atoms with Gasteiger partial charge in [-0.25, -0.2) is 14.3 Å². The smallest absolute Gasteiger partial charge is 0.323 e. The summed E-state index contributed by atoms with van der Waals surface area (Å²) in [7, 11) is 4.49. The molecule has 3 rings (SSSR count). The molecule has 2 heterocycles. The summed E-state index contributed by atoms with van der Waals surface area (Å²) >= 11 is 0. The quantitative estimate of drug-likeness (QED) is 0.451. The largest absolute Gasteiger partial charge is 0.493 e. The van der Waals surface area contributed by atoms with E-state index in [9.17, 15) is 4.79 Å². The molecule has 0 saturated heterocycles. The Balaban J connectivity index is 1.77. The summed E-state index contributed by atoms with van der Waals surface area (Å²) in [5.41, 5.74) is 1.37. The summed E-state index contributed by atoms with van der Waals surface area (Å²) in [6.45, 7) is 0.262. The molecule has 0 aliphatic rings. The van der Waals surface area contributed by atoms with Crippen LogP contribution in [0.3, 0.4) is 0 Å². The Bertz CT molecular complexity index is 997. The van der Waals surface area contributed by atoms with Crippen LogP contribution in [0.25, 0.3) is 5.65 Å². The molecule has 0 bridgehead atoms. The molecule has 0 atom stereocenters. The molecule has 2 aromatic heterocycles. The predicted octanol–water partition coefficient (Wildman–Crippen LogP) is 1.91. The molecular weight excluding hydrogens is 394 g/mol. The predicted molar refractivity (Wildman–Crippen MR) is 108 cm³/mol. The van der Waals surface area contributed by atoms with Crippen LogP contribution in [-0.4, -0.2) is 60.3 Å². The Morgan fingerprint density at radius 1 is 1.13 bits per heavy atom. The van der Waals surface area contributed by atoms with E-state index in [0.29, 0.717) is 40.1 Å². The zero-order valence-corrected chi connectivity index (χ0v) is 16.8. The number of methoxy groups -OCH3 is 3. The maximum absolute atomic E-state index is 12.6. The van der Waals surface area contributed by atoms with E-state index in [1.807, 2.05) is 0 Å². The molecule has 2 amide bonds. The van der Waals surface area contributed by atoms with Crippen LogP contribution in [0.4, 0.5) is 16.2 Å². The number of amides is 2. The van der Waals surface area contributed by atoms with Gasteiger partial charge in [-0.2, -0.15) is 0 Å². The lowest BCUT2D eigenvalue weighted by Crippen LogP contribution is -2.20. The fourth-order valence-electron chi connectivity index (χ4n) is 2.78. The maximum atomic E-state index is 12.6. The third-order valence-corrected chi connectivity index (χ3v) is 4.04. The number of anilines is 2. The minimum atomic E-state index is -0.488. The zero-order valence-electron chi connectivity index (χ0n) is 16.8. The Morgan fingerprint density at radius 3 is 2.50 bits per heavy atom. The number of nitrogens with one attached hydrogen (secondary N) is 2. The standard InChI is InChI=1S/C19H23N5O6/c1-27-14-9-12(10-15(28-2)17(14)29-3)20-19(26)21-13-5-4-6-24-18(13)22-16(23-24)11-30-8-7-25/h4-6,9-10,25H,7-8,11H2,1-3H3,(H2,20,21,26). The maximum Gasteiger partial charge on any atom is 0.323 e. The van der Waals surface area contributed by atoms with Crippen molar-refractivity contribution in [2.24, 2.45) is 0 Å². The van der Waals surface area contributed by atoms with Crippen molar-refractivity contribution >= 4 is 23.1 Å². The number of benzene rings is 1. The van der Waals surface area contributed by atoms with E-state index in [4.69, 9.17) is 24.1 Å². The SMILES string of the molecule is COc1cc(NC(=O)Nc2cccn3nc(COCCO)nc23)cc(OC)c1OC. The highest BCUT2D eigenvalue weighted by atomic mass is 16.5. The van der Waals surface area contributed by atoms with Crippen LogP contribution in [0.1, 0.15) is 5.82 Å². The van der Waals surface area contributed by atoms with Gasteiger partial charge in [0, 0.05) is 18.3 Å². The van der Waals surface area contributed by atoms with Crippen molar-refractivity contribution in [2.75, 3.05) is 45.2 Å². The first-order valence-corrected chi connectivity index (χ1v) is 9.00. The molecule has 30 heavy (non-hydrogen) atoms. The van der Waals surface area contributed by atoms with Gasteiger partial charge in [-0.05, 0) is 12.1 Å². The first-order chi connectivity index (χ1) is 14.6. The highest BCUT2D eigenvalue weighted by Crippen LogP contribution is 2.39. The minimum absolute atomic E-state index is 0.0821. The Morgan fingerprint density at radius 2 is 1.87 bits per heavy atom. The average molecular weight is 417 g/mol. The first kappa shape index (κ1) is 21.1. The molecular formula is C19H23N5O6. The minimum Gasteiger partial charge on any atom is -0.493 e. The monoisotopic (exact) mass is 417 g/mol. The number of aliphatic hydroxyl groups excluding tert-OH is 1. The van der Waals surface area contributed by atoms with Gasteiger partial charge in [-0.3, -0.25) is 0 Å². The molecule has 0 fully saturated rings. The average Bonchev–Trinajstić information content (AvgIpc) is 3.17. The Labute approximate surface area is 172 Å². The molecule has 0 aliphatic heterocycles. The van der Waals surface area contributed by atoms with Gasteiger partial charge in [-0.15, -0.1) is 5.10 Å². The van der Waals surface area contributed by atoms with Crippen molar-refractivity contribution in [2.45, 2.75) is 6.61 Å². The molecule has 0 spiro atoms. The van der Waals surface area contributed by atoms with Gasteiger partial charge in [-0.1, -0.05) is 0 Å². The Hall–Kier alpha value is -3.57. The van der Waals surface area contributed by atoms with E-state index in [1.54, 1.807) is 30.5 Å². The number of carbonyl (C=O) groups excluding carboxylic acids is 1. The number of pyridine rings is 1. The van der Waals surface area contributed by atoms with Crippen LogP contribution < -0.4 is 24.8 Å². The first-order valence-electron chi connectivity index (χ1n) is 9.00. The third-order valence-electron chi connectivity index (χ3n) is 4.04. The van der Waals surface area contributed by atoms with Crippen LogP contribution in [0.15, 0.2) is 30.5 Å². The summed E-state index contributed by atoms with van der Waals surface area (Å²) in [6.07, 6.45) is 1.71. The topological polar surface area (TPSA) is 128 Å². The number of aromatic nitrogens is 3. The lowest BCUT2D eigenvalue weighted by Gasteiger charge is -2.15. The fourth-order valence-corrected chi connectivity index (χ4v) is 2.78. The van der Waals surface area contributed by atoms with Gasteiger partial charge in [0.2, 0.25) is 5.75 Å². The van der Waals surface area contributed by atoms with Gasteiger partial charge in [0.1, 0.15) is 6.61 Å². The second-order valence-corrected chi connectivity index (χ2v) is 5.99. The van der Waals surface area contributed by atoms with Gasteiger partial charge in [0.15, 0.2) is 23.0 Å². The van der Waals surface area contributed by atoms with Crippen molar-refractivity contribution in [3.05, 3.63) is 36.3 Å². The van der Waals surface area contributed by atoms with Gasteiger partial charge < -0.3 is 34.7 Å². The molecule has 1 aromatic carbocycles. The van der Waals surface area contributed by atoms with E-state index >= 15 is 0 Å². The third kappa shape index (κ3) is 4.70. The summed E-state index contributed by atoms with van der Waals surface area (Å²) in [5.74, 6) is 1.69. The van der Waals surface area contributed by atoms with Crippen LogP contribution in [0.5, 0.6) is 17.2 Å². The Kier molecular flexibility index (Phi) is 6.88. The highest BCUT2D eigenvalue weighted by molar-refractivity contribution is 6.02. The molecule has 11 heteroatoms. The number of aliphatic hydroxyl groups is 1. The van der Waals surface area contributed by atoms with Crippen LogP contribution in [0, 0.1) is 0 Å². The number of fused-ring (bicyclic) bond motifs is 1. The number of nitrogens with zero attached hydrogens (tertiary/aromatic N) is 3. The molecule has 160 valence electrons. The number of carbonyl (C=O) groups is 1. The van der Waals surface area contributed by atoms with Crippen molar-refractivity contribution in [1.29, 1.82) is 0 Å². The van der Waals surface area contributed by atoms with E-state index in [0.717, 1.165) is 0 Å². The van der Waals surface area contributed by atoms with E-state index in [2.05, 4.69) is 20.7 Å². The number of rotatable bonds is 9. The number of urea groups is 1. The van der Waals surface area contributed by atoms with Crippen LogP contribution >= 0.6 is 0 Å². The lowest BCUT2D eigenvalue weighted by atomic mass is 10.2. The van der Waals surface area contributed by atoms with Crippen LogP contribution in [0.2, 0.25) is 0 Å².